The van der Waals surface area contributed by atoms with Crippen LogP contribution < -0.4 is 0 Å². The standard InChI is InChI=1S/C53H66N2O17/c1-8-16-40(69-48(60)26-14-24-46(56)57)52(3,4)42-22-13-20-38-39(68-38)29-28-33(64-7)30-45-55-35(32-66-45)51(63)72-43(53(5,6)41(17-9-2)70-49(61)27-15-25-47(58)59)21-12-19-37-36(67-37)18-10-11-23-44-54-34(31-65-44)50(62)71-42/h8-13,16-20,23,28-29,31-33,36-43H,14-15,21-22,24-27,30H2,1-7H3,(H,56,57)(H,58,59)/b16-8+,17-9+,18-10+,19-12-,20-13-,23-11-,29-28+/t33-,36-,37+,38?,39?,40-,41-,42-,43-/m0/s1. The Hall–Kier alpha value is -6.70. The minimum Gasteiger partial charge on any atom is -0.481 e. The number of nitrogens with zero attached hydrogens (tertiary/aromatic N) is 2. The summed E-state index contributed by atoms with van der Waals surface area (Å²) in [5.74, 6) is -4.44. The second kappa shape index (κ2) is 26.7. The number of carbonyl (C=O) groups excluding carboxylic acids is 4. The molecule has 0 radical (unpaired) electrons. The molecule has 2 fully saturated rings. The summed E-state index contributed by atoms with van der Waals surface area (Å²) < 4.78 is 52.5. The number of carbonyl (C=O) groups is 6. The number of epoxide rings is 2. The lowest BCUT2D eigenvalue weighted by atomic mass is 9.78. The van der Waals surface area contributed by atoms with Crippen molar-refractivity contribution in [2.75, 3.05) is 7.11 Å². The van der Waals surface area contributed by atoms with Crippen molar-refractivity contribution in [1.82, 2.24) is 9.97 Å². The molecule has 9 atom stereocenters. The summed E-state index contributed by atoms with van der Waals surface area (Å²) in [6, 6.07) is 0. The third-order valence-electron chi connectivity index (χ3n) is 12.2. The van der Waals surface area contributed by atoms with Crippen LogP contribution in [0.4, 0.5) is 0 Å². The van der Waals surface area contributed by atoms with Crippen LogP contribution in [0.15, 0.2) is 100 Å². The van der Waals surface area contributed by atoms with Gasteiger partial charge in [-0.25, -0.2) is 19.6 Å². The Morgan fingerprint density at radius 3 is 1.67 bits per heavy atom. The van der Waals surface area contributed by atoms with Gasteiger partial charge in [0.25, 0.3) is 0 Å². The Balaban J connectivity index is 1.38. The van der Waals surface area contributed by atoms with Crippen LogP contribution in [0.1, 0.15) is 126 Å². The lowest BCUT2D eigenvalue weighted by molar-refractivity contribution is -0.157. The number of allylic oxidation sites excluding steroid dienone is 4. The van der Waals surface area contributed by atoms with E-state index in [1.165, 1.54) is 19.6 Å². The molecule has 2 saturated heterocycles. The number of cyclic esters (lactones) is 2. The topological polar surface area (TPSA) is 266 Å². The highest BCUT2D eigenvalue weighted by Gasteiger charge is 2.43. The molecule has 19 heteroatoms. The lowest BCUT2D eigenvalue weighted by Crippen LogP contribution is -2.44. The molecular weight excluding hydrogens is 937 g/mol. The molecular formula is C53H66N2O17. The average molecular weight is 1000 g/mol. The van der Waals surface area contributed by atoms with Gasteiger partial charge in [-0.3, -0.25) is 19.2 Å². The van der Waals surface area contributed by atoms with E-state index < -0.39 is 77.2 Å². The average Bonchev–Trinajstić information content (AvgIpc) is 4.12. The van der Waals surface area contributed by atoms with Gasteiger partial charge in [0.15, 0.2) is 17.3 Å². The number of carboxylic acid groups (broad SMARTS) is 2. The van der Waals surface area contributed by atoms with Crippen molar-refractivity contribution in [3.8, 4) is 0 Å². The zero-order chi connectivity index (χ0) is 52.4. The minimum atomic E-state index is -1.02. The van der Waals surface area contributed by atoms with Crippen LogP contribution in [-0.2, 0) is 58.8 Å². The predicted molar refractivity (Wildman–Crippen MR) is 258 cm³/mol. The number of oxazole rings is 2. The summed E-state index contributed by atoms with van der Waals surface area (Å²) >= 11 is 0. The predicted octanol–water partition coefficient (Wildman–Crippen LogP) is 8.08. The van der Waals surface area contributed by atoms with Gasteiger partial charge in [-0.2, -0.15) is 0 Å². The molecule has 3 aliphatic heterocycles. The van der Waals surface area contributed by atoms with E-state index in [-0.39, 0.29) is 105 Å². The van der Waals surface area contributed by atoms with E-state index in [9.17, 15) is 28.8 Å². The van der Waals surface area contributed by atoms with Crippen LogP contribution in [0, 0.1) is 10.8 Å². The summed E-state index contributed by atoms with van der Waals surface area (Å²) in [6.45, 7) is 10.7. The van der Waals surface area contributed by atoms with Crippen molar-refractivity contribution in [2.24, 2.45) is 10.8 Å². The first-order valence-electron chi connectivity index (χ1n) is 23.9. The molecule has 5 rings (SSSR count). The zero-order valence-electron chi connectivity index (χ0n) is 41.7. The van der Waals surface area contributed by atoms with E-state index >= 15 is 0 Å². The Labute approximate surface area is 418 Å². The number of ether oxygens (including phenoxy) is 7. The van der Waals surface area contributed by atoms with E-state index in [4.69, 9.17) is 52.2 Å². The van der Waals surface area contributed by atoms with Crippen LogP contribution in [0.3, 0.4) is 0 Å². The molecule has 390 valence electrons. The fourth-order valence-electron chi connectivity index (χ4n) is 7.62. The van der Waals surface area contributed by atoms with Crippen molar-refractivity contribution >= 4 is 41.9 Å². The molecule has 19 nitrogen and oxygen atoms in total. The number of rotatable bonds is 17. The quantitative estimate of drug-likeness (QED) is 0.0656. The highest BCUT2D eigenvalue weighted by molar-refractivity contribution is 5.87. The minimum absolute atomic E-state index is 0.0832. The zero-order valence-corrected chi connectivity index (χ0v) is 41.7. The lowest BCUT2D eigenvalue weighted by Gasteiger charge is -2.38. The Kier molecular flexibility index (Phi) is 20.8. The Morgan fingerprint density at radius 2 is 1.17 bits per heavy atom. The number of esters is 4. The molecule has 4 bridgehead atoms. The first-order valence-corrected chi connectivity index (χ1v) is 23.9. The molecule has 3 aliphatic rings. The maximum atomic E-state index is 13.8. The van der Waals surface area contributed by atoms with Crippen LogP contribution >= 0.6 is 0 Å². The van der Waals surface area contributed by atoms with Crippen LogP contribution in [0.5, 0.6) is 0 Å². The van der Waals surface area contributed by atoms with E-state index in [1.807, 2.05) is 36.5 Å². The SMILES string of the molecule is C/C=C/[C@H](OC(=O)CCCC(=O)O)C(C)(C)[C@@H]1C/C=C\C2OC2/C=C/[C@H](OC)Cc2nc(co2)C(=O)O[C@H](C(C)(C)[C@H](/C=C/C)OC(=O)CCCC(=O)O)C/C=C\[C@H]2O[C@H]2/C=C/C=C\c2nc(co2)C(=O)O1. The molecule has 5 heterocycles. The number of hydrogen-bond donors (Lipinski definition) is 2. The molecule has 2 N–H and O–H groups in total. The first kappa shape index (κ1) is 56.2. The third kappa shape index (κ3) is 17.3. The number of fused-ring (bicyclic) bond motifs is 6. The molecule has 0 saturated carbocycles. The monoisotopic (exact) mass is 1000 g/mol. The van der Waals surface area contributed by atoms with Gasteiger partial charge in [-0.15, -0.1) is 0 Å². The molecule has 0 aromatic carbocycles. The van der Waals surface area contributed by atoms with Gasteiger partial charge in [-0.1, -0.05) is 94.5 Å². The summed E-state index contributed by atoms with van der Waals surface area (Å²) in [4.78, 5) is 84.1. The highest BCUT2D eigenvalue weighted by Crippen LogP contribution is 2.37. The second-order valence-electron chi connectivity index (χ2n) is 18.6. The Bertz CT molecular complexity index is 2400. The molecule has 2 unspecified atom stereocenters. The fraction of sp³-hybridized carbons (Fsp3) is 0.509. The molecule has 72 heavy (non-hydrogen) atoms. The van der Waals surface area contributed by atoms with Crippen LogP contribution in [0.25, 0.3) is 6.08 Å². The molecule has 0 spiro atoms. The molecule has 2 aromatic heterocycles. The van der Waals surface area contributed by atoms with Crippen molar-refractivity contribution < 1.29 is 81.0 Å². The number of aliphatic carboxylic acids is 2. The Morgan fingerprint density at radius 1 is 0.681 bits per heavy atom. The van der Waals surface area contributed by atoms with E-state index in [1.54, 1.807) is 90.2 Å². The van der Waals surface area contributed by atoms with Gasteiger partial charge >= 0.3 is 35.8 Å². The smallest absolute Gasteiger partial charge is 0.360 e. The fourth-order valence-corrected chi connectivity index (χ4v) is 7.62. The number of aromatic nitrogens is 2. The van der Waals surface area contributed by atoms with Crippen molar-refractivity contribution in [3.05, 3.63) is 115 Å². The van der Waals surface area contributed by atoms with Crippen LogP contribution in [0.2, 0.25) is 0 Å². The van der Waals surface area contributed by atoms with Gasteiger partial charge in [0, 0.05) is 62.5 Å². The summed E-state index contributed by atoms with van der Waals surface area (Å²) in [7, 11) is 1.52. The third-order valence-corrected chi connectivity index (χ3v) is 12.2. The maximum Gasteiger partial charge on any atom is 0.360 e. The van der Waals surface area contributed by atoms with Crippen molar-refractivity contribution in [2.45, 2.75) is 154 Å². The molecule has 0 amide bonds. The van der Waals surface area contributed by atoms with Gasteiger partial charge in [0.1, 0.15) is 61.4 Å². The van der Waals surface area contributed by atoms with Gasteiger partial charge in [0.2, 0.25) is 5.89 Å². The van der Waals surface area contributed by atoms with Crippen molar-refractivity contribution in [3.63, 3.8) is 0 Å². The van der Waals surface area contributed by atoms with Gasteiger partial charge in [-0.05, 0) is 38.8 Å². The summed E-state index contributed by atoms with van der Waals surface area (Å²) in [5.41, 5.74) is -2.19. The normalized spacial score (nSPS) is 26.3. The second-order valence-corrected chi connectivity index (χ2v) is 18.6. The summed E-state index contributed by atoms with van der Waals surface area (Å²) in [6.07, 6.45) is 21.8. The van der Waals surface area contributed by atoms with Gasteiger partial charge in [0.05, 0.1) is 12.5 Å². The number of hydrogen-bond acceptors (Lipinski definition) is 17. The van der Waals surface area contributed by atoms with E-state index in [0.29, 0.717) is 0 Å². The highest BCUT2D eigenvalue weighted by atomic mass is 16.6. The largest absolute Gasteiger partial charge is 0.481 e. The van der Waals surface area contributed by atoms with Crippen LogP contribution in [-0.4, -0.2) is 118 Å². The maximum absolute atomic E-state index is 13.8. The van der Waals surface area contributed by atoms with Gasteiger partial charge < -0.3 is 52.2 Å². The molecule has 0 aliphatic carbocycles. The molecule has 2 aromatic rings. The van der Waals surface area contributed by atoms with E-state index in [0.717, 1.165) is 0 Å². The van der Waals surface area contributed by atoms with E-state index in [2.05, 4.69) is 9.97 Å². The summed E-state index contributed by atoms with van der Waals surface area (Å²) in [5, 5.41) is 18.1. The van der Waals surface area contributed by atoms with Crippen molar-refractivity contribution in [1.29, 1.82) is 0 Å². The first-order chi connectivity index (χ1) is 34.3. The number of methoxy groups -OCH3 is 1. The number of carboxylic acids is 2.